The van der Waals surface area contributed by atoms with Crippen LogP contribution in [0.2, 0.25) is 0 Å². The molecular weight excluding hydrogens is 240 g/mol. The van der Waals surface area contributed by atoms with E-state index in [9.17, 15) is 8.78 Å². The molecule has 1 atom stereocenters. The summed E-state index contributed by atoms with van der Waals surface area (Å²) in [5.41, 5.74) is 0.756. The Bertz CT molecular complexity index is 395. The molecule has 1 heterocycles. The Hall–Kier alpha value is -1.04. The van der Waals surface area contributed by atoms with Crippen LogP contribution in [0.3, 0.4) is 0 Å². The fourth-order valence-electron chi connectivity index (χ4n) is 2.03. The summed E-state index contributed by atoms with van der Waals surface area (Å²) in [5.74, 6) is -1.63. The minimum Gasteiger partial charge on any atom is -0.350 e. The molecule has 1 fully saturated rings. The van der Waals surface area contributed by atoms with Gasteiger partial charge in [-0.1, -0.05) is 6.07 Å². The van der Waals surface area contributed by atoms with E-state index in [4.69, 9.17) is 9.47 Å². The normalized spacial score (nSPS) is 18.2. The number of halogens is 2. The van der Waals surface area contributed by atoms with Gasteiger partial charge in [0.25, 0.3) is 0 Å². The number of likely N-dealkylation sites (N-methyl/N-ethyl adjacent to an activating group) is 1. The highest BCUT2D eigenvalue weighted by Crippen LogP contribution is 2.15. The number of hydrogen-bond acceptors (Lipinski definition) is 3. The lowest BCUT2D eigenvalue weighted by Gasteiger charge is -2.19. The number of benzene rings is 1. The molecule has 1 aliphatic rings. The zero-order valence-corrected chi connectivity index (χ0v) is 10.3. The Morgan fingerprint density at radius 2 is 2.00 bits per heavy atom. The van der Waals surface area contributed by atoms with Gasteiger partial charge in [0.05, 0.1) is 13.2 Å². The van der Waals surface area contributed by atoms with Gasteiger partial charge in [-0.3, -0.25) is 0 Å². The lowest BCUT2D eigenvalue weighted by atomic mass is 10.0. The van der Waals surface area contributed by atoms with Gasteiger partial charge in [-0.25, -0.2) is 8.78 Å². The van der Waals surface area contributed by atoms with E-state index in [1.165, 1.54) is 6.07 Å². The third-order valence-electron chi connectivity index (χ3n) is 3.04. The van der Waals surface area contributed by atoms with E-state index >= 15 is 0 Å². The zero-order chi connectivity index (χ0) is 13.0. The van der Waals surface area contributed by atoms with Crippen LogP contribution in [0.15, 0.2) is 18.2 Å². The molecule has 3 nitrogen and oxygen atoms in total. The van der Waals surface area contributed by atoms with Crippen LogP contribution in [0.1, 0.15) is 12.0 Å². The topological polar surface area (TPSA) is 30.5 Å². The molecule has 0 bridgehead atoms. The first-order valence-electron chi connectivity index (χ1n) is 6.03. The van der Waals surface area contributed by atoms with Crippen LogP contribution in [0.25, 0.3) is 0 Å². The van der Waals surface area contributed by atoms with Gasteiger partial charge in [0.15, 0.2) is 17.9 Å². The Labute approximate surface area is 105 Å². The molecule has 1 unspecified atom stereocenters. The predicted molar refractivity (Wildman–Crippen MR) is 63.2 cm³/mol. The van der Waals surface area contributed by atoms with Crippen molar-refractivity contribution >= 4 is 0 Å². The maximum atomic E-state index is 13.1. The highest BCUT2D eigenvalue weighted by atomic mass is 19.2. The lowest BCUT2D eigenvalue weighted by Crippen LogP contribution is -2.32. The molecule has 100 valence electrons. The second kappa shape index (κ2) is 6.22. The fourth-order valence-corrected chi connectivity index (χ4v) is 2.03. The highest BCUT2D eigenvalue weighted by molar-refractivity contribution is 5.18. The first-order valence-corrected chi connectivity index (χ1v) is 6.03. The van der Waals surface area contributed by atoms with Crippen molar-refractivity contribution in [3.05, 3.63) is 35.4 Å². The summed E-state index contributed by atoms with van der Waals surface area (Å²) in [6.07, 6.45) is 1.10. The standard InChI is InChI=1S/C13H17F2NO2/c1-16-10(8-13-17-4-5-18-13)6-9-2-3-11(14)12(15)7-9/h2-3,7,10,13,16H,4-6,8H2,1H3. The van der Waals surface area contributed by atoms with Crippen molar-refractivity contribution in [3.8, 4) is 0 Å². The van der Waals surface area contributed by atoms with E-state index in [0.717, 1.165) is 11.6 Å². The average Bonchev–Trinajstić information content (AvgIpc) is 2.86. The quantitative estimate of drug-likeness (QED) is 0.873. The molecule has 1 aromatic carbocycles. The lowest BCUT2D eigenvalue weighted by molar-refractivity contribution is -0.0522. The van der Waals surface area contributed by atoms with Crippen molar-refractivity contribution < 1.29 is 18.3 Å². The summed E-state index contributed by atoms with van der Waals surface area (Å²) >= 11 is 0. The summed E-state index contributed by atoms with van der Waals surface area (Å²) in [6, 6.07) is 4.09. The molecule has 1 aromatic rings. The number of hydrogen-bond donors (Lipinski definition) is 1. The van der Waals surface area contributed by atoms with Gasteiger partial charge in [-0.2, -0.15) is 0 Å². The third kappa shape index (κ3) is 3.48. The Balaban J connectivity index is 1.94. The van der Waals surface area contributed by atoms with Gasteiger partial charge in [0.2, 0.25) is 0 Å². The van der Waals surface area contributed by atoms with Gasteiger partial charge in [0.1, 0.15) is 0 Å². The van der Waals surface area contributed by atoms with E-state index in [2.05, 4.69) is 5.32 Å². The molecule has 0 aliphatic carbocycles. The van der Waals surface area contributed by atoms with Crippen LogP contribution < -0.4 is 5.32 Å². The van der Waals surface area contributed by atoms with Crippen molar-refractivity contribution in [2.45, 2.75) is 25.2 Å². The van der Waals surface area contributed by atoms with E-state index in [1.807, 2.05) is 7.05 Å². The van der Waals surface area contributed by atoms with Crippen LogP contribution in [-0.2, 0) is 15.9 Å². The van der Waals surface area contributed by atoms with Crippen molar-refractivity contribution in [3.63, 3.8) is 0 Å². The summed E-state index contributed by atoms with van der Waals surface area (Å²) in [6.45, 7) is 1.23. The maximum absolute atomic E-state index is 13.1. The van der Waals surface area contributed by atoms with Crippen LogP contribution in [-0.4, -0.2) is 32.6 Å². The molecule has 0 radical (unpaired) electrons. The molecule has 0 saturated carbocycles. The third-order valence-corrected chi connectivity index (χ3v) is 3.04. The largest absolute Gasteiger partial charge is 0.350 e. The number of rotatable bonds is 5. The minimum absolute atomic E-state index is 0.109. The van der Waals surface area contributed by atoms with Gasteiger partial charge in [-0.15, -0.1) is 0 Å². The van der Waals surface area contributed by atoms with Crippen molar-refractivity contribution in [1.82, 2.24) is 5.32 Å². The van der Waals surface area contributed by atoms with Crippen LogP contribution in [0, 0.1) is 11.6 Å². The van der Waals surface area contributed by atoms with Crippen LogP contribution in [0.4, 0.5) is 8.78 Å². The predicted octanol–water partition coefficient (Wildman–Crippen LogP) is 1.86. The van der Waals surface area contributed by atoms with E-state index in [-0.39, 0.29) is 12.3 Å². The van der Waals surface area contributed by atoms with Gasteiger partial charge in [-0.05, 0) is 31.2 Å². The van der Waals surface area contributed by atoms with Gasteiger partial charge in [0, 0.05) is 12.5 Å². The number of nitrogens with one attached hydrogen (secondary N) is 1. The Kier molecular flexibility index (Phi) is 4.63. The maximum Gasteiger partial charge on any atom is 0.159 e. The number of ether oxygens (including phenoxy) is 2. The van der Waals surface area contributed by atoms with Crippen LogP contribution >= 0.6 is 0 Å². The Morgan fingerprint density at radius 3 is 2.61 bits per heavy atom. The Morgan fingerprint density at radius 1 is 1.28 bits per heavy atom. The first-order chi connectivity index (χ1) is 8.69. The summed E-state index contributed by atoms with van der Waals surface area (Å²) in [7, 11) is 1.83. The molecule has 5 heteroatoms. The zero-order valence-electron chi connectivity index (χ0n) is 10.3. The summed E-state index contributed by atoms with van der Waals surface area (Å²) in [4.78, 5) is 0. The van der Waals surface area contributed by atoms with E-state index < -0.39 is 11.6 Å². The van der Waals surface area contributed by atoms with Gasteiger partial charge < -0.3 is 14.8 Å². The fraction of sp³-hybridized carbons (Fsp3) is 0.538. The molecule has 0 aromatic heterocycles. The molecule has 0 amide bonds. The highest BCUT2D eigenvalue weighted by Gasteiger charge is 2.21. The molecule has 18 heavy (non-hydrogen) atoms. The second-order valence-electron chi connectivity index (χ2n) is 4.35. The van der Waals surface area contributed by atoms with Gasteiger partial charge >= 0.3 is 0 Å². The molecule has 1 N–H and O–H groups in total. The first kappa shape index (κ1) is 13.4. The van der Waals surface area contributed by atoms with Crippen molar-refractivity contribution in [2.75, 3.05) is 20.3 Å². The molecule has 1 saturated heterocycles. The molecular formula is C13H17F2NO2. The smallest absolute Gasteiger partial charge is 0.159 e. The average molecular weight is 257 g/mol. The molecule has 0 spiro atoms. The monoisotopic (exact) mass is 257 g/mol. The SMILES string of the molecule is CNC(Cc1ccc(F)c(F)c1)CC1OCCO1. The van der Waals surface area contributed by atoms with E-state index in [0.29, 0.717) is 26.1 Å². The minimum atomic E-state index is -0.817. The summed E-state index contributed by atoms with van der Waals surface area (Å²) < 4.78 is 36.6. The van der Waals surface area contributed by atoms with E-state index in [1.54, 1.807) is 6.07 Å². The van der Waals surface area contributed by atoms with Crippen molar-refractivity contribution in [1.29, 1.82) is 0 Å². The second-order valence-corrected chi connectivity index (χ2v) is 4.35. The molecule has 2 rings (SSSR count). The molecule has 1 aliphatic heterocycles. The van der Waals surface area contributed by atoms with Crippen LogP contribution in [0.5, 0.6) is 0 Å². The van der Waals surface area contributed by atoms with Crippen molar-refractivity contribution in [2.24, 2.45) is 0 Å². The summed E-state index contributed by atoms with van der Waals surface area (Å²) in [5, 5.41) is 3.14.